The van der Waals surface area contributed by atoms with Gasteiger partial charge in [0.2, 0.25) is 5.91 Å². The van der Waals surface area contributed by atoms with Gasteiger partial charge in [0, 0.05) is 19.6 Å². The molecule has 0 radical (unpaired) electrons. The summed E-state index contributed by atoms with van der Waals surface area (Å²) >= 11 is 1.43. The van der Waals surface area contributed by atoms with Gasteiger partial charge in [-0.15, -0.1) is 10.2 Å². The maximum atomic E-state index is 12.3. The minimum Gasteiger partial charge on any atom is -0.341 e. The third-order valence-electron chi connectivity index (χ3n) is 3.70. The molecule has 0 bridgehead atoms. The smallest absolute Gasteiger partial charge is 0.233 e. The average molecular weight is 332 g/mol. The standard InChI is InChI=1S/C17H24N4OS/c1-5-14-6-8-15(9-7-14)10-20(4)16(22)11-23-17-19-18-12-21(17)13(2)3/h6-9,12-13H,5,10-11H2,1-4H3. The second-order valence-corrected chi connectivity index (χ2v) is 6.77. The van der Waals surface area contributed by atoms with Gasteiger partial charge in [-0.3, -0.25) is 4.79 Å². The third kappa shape index (κ3) is 4.82. The van der Waals surface area contributed by atoms with Crippen LogP contribution in [0.1, 0.15) is 37.9 Å². The molecule has 6 heteroatoms. The van der Waals surface area contributed by atoms with Gasteiger partial charge in [0.25, 0.3) is 0 Å². The van der Waals surface area contributed by atoms with Crippen molar-refractivity contribution in [3.8, 4) is 0 Å². The number of rotatable bonds is 7. The van der Waals surface area contributed by atoms with E-state index in [0.29, 0.717) is 12.3 Å². The molecule has 1 heterocycles. The maximum absolute atomic E-state index is 12.3. The van der Waals surface area contributed by atoms with E-state index in [1.807, 2.05) is 11.6 Å². The first-order chi connectivity index (χ1) is 11.0. The predicted molar refractivity (Wildman–Crippen MR) is 93.4 cm³/mol. The van der Waals surface area contributed by atoms with Gasteiger partial charge in [-0.25, -0.2) is 0 Å². The second kappa shape index (κ2) is 8.15. The fourth-order valence-corrected chi connectivity index (χ4v) is 3.15. The van der Waals surface area contributed by atoms with Crippen molar-refractivity contribution in [3.63, 3.8) is 0 Å². The number of hydrogen-bond acceptors (Lipinski definition) is 4. The quantitative estimate of drug-likeness (QED) is 0.731. The minimum absolute atomic E-state index is 0.0906. The summed E-state index contributed by atoms with van der Waals surface area (Å²) in [6, 6.07) is 8.70. The lowest BCUT2D eigenvalue weighted by Crippen LogP contribution is -2.27. The molecular formula is C17H24N4OS. The Morgan fingerprint density at radius 3 is 2.52 bits per heavy atom. The van der Waals surface area contributed by atoms with Crippen LogP contribution in [0.25, 0.3) is 0 Å². The van der Waals surface area contributed by atoms with Gasteiger partial charge in [0.1, 0.15) is 6.33 Å². The predicted octanol–water partition coefficient (Wildman–Crippen LogP) is 3.17. The van der Waals surface area contributed by atoms with E-state index in [4.69, 9.17) is 0 Å². The van der Waals surface area contributed by atoms with Crippen LogP contribution in [0.15, 0.2) is 35.7 Å². The van der Waals surface area contributed by atoms with Gasteiger partial charge in [-0.05, 0) is 31.4 Å². The van der Waals surface area contributed by atoms with Crippen molar-refractivity contribution in [1.82, 2.24) is 19.7 Å². The topological polar surface area (TPSA) is 51.0 Å². The van der Waals surface area contributed by atoms with Crippen LogP contribution in [-0.2, 0) is 17.8 Å². The Labute approximate surface area is 142 Å². The first-order valence-electron chi connectivity index (χ1n) is 7.85. The minimum atomic E-state index is 0.0906. The lowest BCUT2D eigenvalue weighted by atomic mass is 10.1. The van der Waals surface area contributed by atoms with E-state index in [1.54, 1.807) is 11.2 Å². The van der Waals surface area contributed by atoms with Crippen LogP contribution in [-0.4, -0.2) is 38.4 Å². The van der Waals surface area contributed by atoms with Gasteiger partial charge >= 0.3 is 0 Å². The third-order valence-corrected chi connectivity index (χ3v) is 4.64. The zero-order valence-electron chi connectivity index (χ0n) is 14.2. The molecule has 0 aliphatic rings. The van der Waals surface area contributed by atoms with Crippen LogP contribution in [0.3, 0.4) is 0 Å². The molecule has 0 saturated heterocycles. The molecule has 1 aromatic carbocycles. The summed E-state index contributed by atoms with van der Waals surface area (Å²) < 4.78 is 1.97. The summed E-state index contributed by atoms with van der Waals surface area (Å²) in [4.78, 5) is 14.0. The van der Waals surface area contributed by atoms with Crippen molar-refractivity contribution in [1.29, 1.82) is 0 Å². The lowest BCUT2D eigenvalue weighted by Gasteiger charge is -2.17. The zero-order chi connectivity index (χ0) is 16.8. The van der Waals surface area contributed by atoms with Crippen molar-refractivity contribution < 1.29 is 4.79 Å². The highest BCUT2D eigenvalue weighted by molar-refractivity contribution is 7.99. The molecule has 23 heavy (non-hydrogen) atoms. The number of amides is 1. The van der Waals surface area contributed by atoms with Gasteiger partial charge in [0.15, 0.2) is 5.16 Å². The molecule has 1 amide bonds. The number of thioether (sulfide) groups is 1. The summed E-state index contributed by atoms with van der Waals surface area (Å²) in [6.07, 6.45) is 2.73. The molecule has 0 atom stereocenters. The highest BCUT2D eigenvalue weighted by atomic mass is 32.2. The second-order valence-electron chi connectivity index (χ2n) is 5.82. The average Bonchev–Trinajstić information content (AvgIpc) is 3.02. The Kier molecular flexibility index (Phi) is 6.21. The fraction of sp³-hybridized carbons (Fsp3) is 0.471. The Morgan fingerprint density at radius 1 is 1.26 bits per heavy atom. The number of benzene rings is 1. The van der Waals surface area contributed by atoms with Gasteiger partial charge in [0.05, 0.1) is 5.75 Å². The van der Waals surface area contributed by atoms with E-state index >= 15 is 0 Å². The van der Waals surface area contributed by atoms with E-state index in [-0.39, 0.29) is 11.9 Å². The highest BCUT2D eigenvalue weighted by Crippen LogP contribution is 2.19. The molecule has 0 fully saturated rings. The Morgan fingerprint density at radius 2 is 1.91 bits per heavy atom. The van der Waals surface area contributed by atoms with Crippen molar-refractivity contribution >= 4 is 17.7 Å². The molecule has 2 rings (SSSR count). The molecule has 0 aliphatic carbocycles. The van der Waals surface area contributed by atoms with Crippen molar-refractivity contribution in [2.45, 2.75) is 44.9 Å². The van der Waals surface area contributed by atoms with E-state index in [1.165, 1.54) is 17.3 Å². The number of hydrogen-bond donors (Lipinski definition) is 0. The van der Waals surface area contributed by atoms with Crippen LogP contribution in [0.2, 0.25) is 0 Å². The monoisotopic (exact) mass is 332 g/mol. The molecule has 5 nitrogen and oxygen atoms in total. The normalized spacial score (nSPS) is 11.0. The fourth-order valence-electron chi connectivity index (χ4n) is 2.17. The summed E-state index contributed by atoms with van der Waals surface area (Å²) in [5, 5.41) is 8.78. The summed E-state index contributed by atoms with van der Waals surface area (Å²) in [5.41, 5.74) is 2.46. The summed E-state index contributed by atoms with van der Waals surface area (Å²) in [7, 11) is 1.84. The van der Waals surface area contributed by atoms with E-state index in [0.717, 1.165) is 17.1 Å². The number of nitrogens with zero attached hydrogens (tertiary/aromatic N) is 4. The molecule has 1 aromatic heterocycles. The van der Waals surface area contributed by atoms with Gasteiger partial charge in [-0.1, -0.05) is 43.0 Å². The number of aromatic nitrogens is 3. The summed E-state index contributed by atoms with van der Waals surface area (Å²) in [5.74, 6) is 0.461. The Balaban J connectivity index is 1.88. The van der Waals surface area contributed by atoms with Crippen LogP contribution in [0.5, 0.6) is 0 Å². The Hall–Kier alpha value is -1.82. The number of carbonyl (C=O) groups excluding carboxylic acids is 1. The molecule has 0 N–H and O–H groups in total. The van der Waals surface area contributed by atoms with Crippen molar-refractivity contribution in [3.05, 3.63) is 41.7 Å². The zero-order valence-corrected chi connectivity index (χ0v) is 15.0. The largest absolute Gasteiger partial charge is 0.341 e. The molecular weight excluding hydrogens is 308 g/mol. The van der Waals surface area contributed by atoms with Crippen LogP contribution < -0.4 is 0 Å². The van der Waals surface area contributed by atoms with E-state index in [9.17, 15) is 4.79 Å². The van der Waals surface area contributed by atoms with Gasteiger partial charge in [-0.2, -0.15) is 0 Å². The van der Waals surface area contributed by atoms with Gasteiger partial charge < -0.3 is 9.47 Å². The molecule has 0 unspecified atom stereocenters. The summed E-state index contributed by atoms with van der Waals surface area (Å²) in [6.45, 7) is 6.90. The molecule has 0 spiro atoms. The van der Waals surface area contributed by atoms with Crippen molar-refractivity contribution in [2.24, 2.45) is 0 Å². The van der Waals surface area contributed by atoms with Crippen LogP contribution >= 0.6 is 11.8 Å². The van der Waals surface area contributed by atoms with E-state index in [2.05, 4.69) is 55.2 Å². The molecule has 2 aromatic rings. The molecule has 124 valence electrons. The number of carbonyl (C=O) groups is 1. The SMILES string of the molecule is CCc1ccc(CN(C)C(=O)CSc2nncn2C(C)C)cc1. The van der Waals surface area contributed by atoms with Crippen LogP contribution in [0.4, 0.5) is 0 Å². The lowest BCUT2D eigenvalue weighted by molar-refractivity contribution is -0.127. The first-order valence-corrected chi connectivity index (χ1v) is 8.84. The molecule has 0 saturated carbocycles. The van der Waals surface area contributed by atoms with Crippen LogP contribution in [0, 0.1) is 0 Å². The Bertz CT molecular complexity index is 636. The first kappa shape index (κ1) is 17.5. The van der Waals surface area contributed by atoms with E-state index < -0.39 is 0 Å². The maximum Gasteiger partial charge on any atom is 0.233 e. The molecule has 0 aliphatic heterocycles. The van der Waals surface area contributed by atoms with Crippen molar-refractivity contribution in [2.75, 3.05) is 12.8 Å². The highest BCUT2D eigenvalue weighted by Gasteiger charge is 2.13. The number of aryl methyl sites for hydroxylation is 1.